The molecular weight excluding hydrogens is 2920 g/mol. The quantitative estimate of drug-likeness (QED) is 0.0753. The number of methoxy groups -OCH3 is 1. The second-order valence-corrected chi connectivity index (χ2v) is 28.5. The molecule has 0 saturated carbocycles. The van der Waals surface area contributed by atoms with Crippen LogP contribution < -0.4 is 9.64 Å². The molecule has 143 heavy (non-hydrogen) atoms. The van der Waals surface area contributed by atoms with Gasteiger partial charge in [-0.2, -0.15) is 109 Å². The fourth-order valence-corrected chi connectivity index (χ4v) is 12.3. The van der Waals surface area contributed by atoms with Crippen molar-refractivity contribution >= 4 is 5.69 Å². The fourth-order valence-electron chi connectivity index (χ4n) is 12.3. The van der Waals surface area contributed by atoms with E-state index in [1.54, 1.807) is 103 Å². The summed E-state index contributed by atoms with van der Waals surface area (Å²) in [7, 11) is 5.26. The summed E-state index contributed by atoms with van der Waals surface area (Å²) in [5.74, 6) is -7.35. The number of aromatic nitrogens is 15. The van der Waals surface area contributed by atoms with Crippen molar-refractivity contribution < 1.29 is 178 Å². The average molecular weight is 2990 g/mol. The van der Waals surface area contributed by atoms with Crippen molar-refractivity contribution in [3.63, 3.8) is 0 Å². The van der Waals surface area contributed by atoms with Gasteiger partial charge >= 0.3 is 0 Å². The predicted octanol–water partition coefficient (Wildman–Crippen LogP) is 24.4. The number of pyridine rings is 3. The van der Waals surface area contributed by atoms with E-state index >= 15 is 0 Å². The molecule has 0 N–H and O–H groups in total. The number of ether oxygens (including phenoxy) is 1. The summed E-state index contributed by atoms with van der Waals surface area (Å²) < 4.78 is 169. The Morgan fingerprint density at radius 1 is 0.259 bits per heavy atom. The molecule has 6 radical (unpaired) electrons. The van der Waals surface area contributed by atoms with Gasteiger partial charge in [0.05, 0.1) is 13.3 Å². The van der Waals surface area contributed by atoms with Gasteiger partial charge in [-0.15, -0.1) is 102 Å². The van der Waals surface area contributed by atoms with E-state index in [1.807, 2.05) is 168 Å². The number of anilines is 1. The SMILES string of the molecule is CN(C)c1ccnc(-c2[c-]cc(F)cc2F)c1.COc1ccnc(-c2[c-]cc(F)cc2F)c1.Fc1c[c-]c(-c2ccccn2)c(F)c1.Fc1c[c-]c(-n2cccn2)c(F)c1.Fc1c[c-]c(-n2cccn2)c(F)c1.Fc1c[c-]c(-n2cccn2)c(F)c1.[Ir].[Ir].[Ir].[Ir].[Ir].[Ir].[c-]1cc(-c2ccccc2)ccc1-n1cccn1.[c-]1ccc(-c2ccccc2)cc1-n1cccn1.[c-]1ccccc1-n1cc(-c2ccccc2)cn1. The molecule has 0 saturated heterocycles. The van der Waals surface area contributed by atoms with E-state index in [2.05, 4.69) is 155 Å². The number of hydrogen-bond donors (Lipinski definition) is 0. The third-order valence-electron chi connectivity index (χ3n) is 18.9. The van der Waals surface area contributed by atoms with E-state index in [0.717, 1.165) is 101 Å². The van der Waals surface area contributed by atoms with Gasteiger partial charge in [0, 0.05) is 303 Å². The van der Waals surface area contributed by atoms with E-state index in [4.69, 9.17) is 4.74 Å². The van der Waals surface area contributed by atoms with Gasteiger partial charge in [0.25, 0.3) is 0 Å². The minimum Gasteiger partial charge on any atom is -0.497 e. The minimum absolute atomic E-state index is 0. The molecule has 0 unspecified atom stereocenters. The maximum atomic E-state index is 13.5. The summed E-state index contributed by atoms with van der Waals surface area (Å²) in [6.45, 7) is 0. The van der Waals surface area contributed by atoms with Crippen LogP contribution in [0.4, 0.5) is 58.4 Å². The maximum absolute atomic E-state index is 13.5. The first-order valence-electron chi connectivity index (χ1n) is 41.1. The monoisotopic (exact) mass is 3000 g/mol. The van der Waals surface area contributed by atoms with Crippen LogP contribution in [0.15, 0.2) is 390 Å². The fraction of sp³-hybridized carbons (Fsp3) is 0.0278. The molecule has 0 aliphatic rings. The summed E-state index contributed by atoms with van der Waals surface area (Å²) in [6.07, 6.45) is 25.1. The smallest absolute Gasteiger partial charge is 0.113 e. The summed E-state index contributed by atoms with van der Waals surface area (Å²) in [6, 6.07) is 107. The third kappa shape index (κ3) is 34.7. The number of nitrogens with zero attached hydrogens (tertiary/aromatic N) is 16. The average Bonchev–Trinajstić information content (AvgIpc) is 1.81. The van der Waals surface area contributed by atoms with E-state index in [0.29, 0.717) is 22.8 Å². The zero-order valence-electron chi connectivity index (χ0n) is 74.5. The molecular formula is C108H73F12Ir6N16O-9. The van der Waals surface area contributed by atoms with Crippen molar-refractivity contribution in [2.75, 3.05) is 26.1 Å². The second-order valence-electron chi connectivity index (χ2n) is 28.5. The Hall–Kier alpha value is -14.0. The Kier molecular flexibility index (Phi) is 48.4. The van der Waals surface area contributed by atoms with Gasteiger partial charge < -0.3 is 24.6 Å². The maximum Gasteiger partial charge on any atom is 0.113 e. The molecule has 35 heteroatoms. The van der Waals surface area contributed by atoms with Crippen molar-refractivity contribution in [2.45, 2.75) is 0 Å². The summed E-state index contributed by atoms with van der Waals surface area (Å²) in [5.41, 5.74) is 12.9. The van der Waals surface area contributed by atoms with Gasteiger partial charge in [0.2, 0.25) is 0 Å². The second kappa shape index (κ2) is 59.7. The molecule has 9 aromatic heterocycles. The zero-order chi connectivity index (χ0) is 96.2. The molecule has 0 aliphatic carbocycles. The molecule has 17 nitrogen and oxygen atoms in total. The molecule has 0 amide bonds. The van der Waals surface area contributed by atoms with Crippen LogP contribution in [0.5, 0.6) is 5.75 Å². The van der Waals surface area contributed by atoms with Gasteiger partial charge in [-0.1, -0.05) is 150 Å². The first-order chi connectivity index (χ1) is 66.7. The van der Waals surface area contributed by atoms with Crippen LogP contribution in [0, 0.1) is 124 Å². The number of benzene rings is 12. The van der Waals surface area contributed by atoms with E-state index < -0.39 is 69.8 Å². The molecule has 21 aromatic rings. The van der Waals surface area contributed by atoms with Crippen LogP contribution in [0.1, 0.15) is 0 Å². The first-order valence-corrected chi connectivity index (χ1v) is 41.1. The van der Waals surface area contributed by atoms with Gasteiger partial charge in [-0.05, 0) is 117 Å². The van der Waals surface area contributed by atoms with Crippen LogP contribution in [0.2, 0.25) is 0 Å². The Morgan fingerprint density at radius 2 is 0.636 bits per heavy atom. The molecule has 0 bridgehead atoms. The van der Waals surface area contributed by atoms with Gasteiger partial charge in [0.1, 0.15) is 5.75 Å². The minimum atomic E-state index is -0.694. The Bertz CT molecular complexity index is 7030. The topological polar surface area (TPSA) is 158 Å². The molecule has 21 rings (SSSR count). The number of hydrogen-bond acceptors (Lipinski definition) is 11. The standard InChI is InChI=1S/3C15H11N2.C13H11F2N2.C12H8F2NO.C11H6F2N.3C9H5F2N2.6Ir/c1-3-7-13(8-4-1)14-11-16-17(12-14)15-9-5-2-6-10-15;1-2-6-13(7-3-1)14-8-4-9-15(12-14)17-11-5-10-16-17;1-2-5-13(6-3-1)14-7-9-15(10-8-14)17-12-4-11-16-17;1-17(2)10-5-6-16-13(8-10)11-4-3-9(14)7-12(11)15;1-16-9-4-5-15-12(7-9)10-3-2-8(13)6-11(10)14;12-8-4-5-9(10(13)7-8)11-3-1-2-6-14-11;3*10-7-2-3-9(8(11)6-7)13-5-1-4-12-13;;;;;;/h1-9,11-12H;1-8,10-12H;1-9,11-12H;3,5-8H,1-2H3;2,4-7H,1H3;1-4,6-7H;3*1-2,4-6H;;;;;;/q9*-1;;;;;;. The van der Waals surface area contributed by atoms with Crippen molar-refractivity contribution in [3.8, 4) is 107 Å². The van der Waals surface area contributed by atoms with Crippen molar-refractivity contribution in [1.82, 2.24) is 73.6 Å². The Balaban J connectivity index is 0.000000218. The van der Waals surface area contributed by atoms with Crippen LogP contribution in [0.25, 0.3) is 101 Å². The van der Waals surface area contributed by atoms with Crippen LogP contribution >= 0.6 is 0 Å². The van der Waals surface area contributed by atoms with Crippen molar-refractivity contribution in [2.24, 2.45) is 0 Å². The van der Waals surface area contributed by atoms with Gasteiger partial charge in [-0.25, -0.2) is 0 Å². The number of para-hydroxylation sites is 1. The van der Waals surface area contributed by atoms with E-state index in [1.165, 1.54) is 73.8 Å². The summed E-state index contributed by atoms with van der Waals surface area (Å²) >= 11 is 0. The molecule has 12 aromatic carbocycles. The van der Waals surface area contributed by atoms with Gasteiger partial charge in [-0.3, -0.25) is 80.8 Å². The summed E-state index contributed by atoms with van der Waals surface area (Å²) in [5, 5.41) is 24.1. The summed E-state index contributed by atoms with van der Waals surface area (Å²) in [4.78, 5) is 13.9. The largest absolute Gasteiger partial charge is 0.497 e. The van der Waals surface area contributed by atoms with E-state index in [-0.39, 0.29) is 154 Å². The molecule has 0 spiro atoms. The van der Waals surface area contributed by atoms with Crippen LogP contribution in [-0.4, -0.2) is 94.8 Å². The Morgan fingerprint density at radius 3 is 1.03 bits per heavy atom. The third-order valence-corrected chi connectivity index (χ3v) is 18.9. The van der Waals surface area contributed by atoms with Gasteiger partial charge in [0.15, 0.2) is 0 Å². The molecule has 0 fully saturated rings. The normalized spacial score (nSPS) is 9.87. The van der Waals surface area contributed by atoms with Crippen LogP contribution in [-0.2, 0) is 121 Å². The molecule has 9 heterocycles. The van der Waals surface area contributed by atoms with E-state index in [9.17, 15) is 52.7 Å². The van der Waals surface area contributed by atoms with Crippen molar-refractivity contribution in [1.29, 1.82) is 0 Å². The zero-order valence-corrected chi connectivity index (χ0v) is 88.9. The van der Waals surface area contributed by atoms with Crippen molar-refractivity contribution in [3.05, 3.63) is 515 Å². The molecule has 0 aliphatic heterocycles. The first kappa shape index (κ1) is 116. The molecule has 0 atom stereocenters. The number of rotatable bonds is 14. The molecule has 738 valence electrons. The Labute approximate surface area is 897 Å². The number of halogens is 12. The predicted molar refractivity (Wildman–Crippen MR) is 497 cm³/mol. The van der Waals surface area contributed by atoms with Crippen LogP contribution in [0.3, 0.4) is 0 Å².